The SMILES string of the molecule is Cc1cc(C)cc(NC(=O)Cn2c(-c3cccc(Br)c3)nc3ccccc32)c1. The summed E-state index contributed by atoms with van der Waals surface area (Å²) in [5.41, 5.74) is 5.84. The van der Waals surface area contributed by atoms with Crippen molar-refractivity contribution in [1.29, 1.82) is 0 Å². The molecule has 28 heavy (non-hydrogen) atoms. The molecular formula is C23H20BrN3O. The third-order valence-electron chi connectivity index (χ3n) is 4.54. The Bertz CT molecular complexity index is 1160. The summed E-state index contributed by atoms with van der Waals surface area (Å²) in [6.45, 7) is 4.24. The molecule has 140 valence electrons. The van der Waals surface area contributed by atoms with Crippen molar-refractivity contribution in [3.05, 3.63) is 82.3 Å². The molecule has 0 spiro atoms. The number of imidazole rings is 1. The molecule has 3 aromatic carbocycles. The van der Waals surface area contributed by atoms with Gasteiger partial charge in [-0.05, 0) is 61.4 Å². The van der Waals surface area contributed by atoms with Crippen molar-refractivity contribution in [2.75, 3.05) is 5.32 Å². The molecule has 0 radical (unpaired) electrons. The van der Waals surface area contributed by atoms with Gasteiger partial charge in [0.2, 0.25) is 5.91 Å². The molecule has 1 heterocycles. The molecule has 0 aliphatic carbocycles. The van der Waals surface area contributed by atoms with E-state index in [9.17, 15) is 4.79 Å². The molecule has 1 amide bonds. The largest absolute Gasteiger partial charge is 0.325 e. The average molecular weight is 434 g/mol. The molecule has 5 heteroatoms. The summed E-state index contributed by atoms with van der Waals surface area (Å²) in [4.78, 5) is 17.6. The average Bonchev–Trinajstić information content (AvgIpc) is 2.99. The molecule has 0 aliphatic rings. The van der Waals surface area contributed by atoms with Gasteiger partial charge in [0.1, 0.15) is 12.4 Å². The van der Waals surface area contributed by atoms with Crippen LogP contribution in [-0.4, -0.2) is 15.5 Å². The van der Waals surface area contributed by atoms with E-state index in [1.165, 1.54) is 0 Å². The van der Waals surface area contributed by atoms with Crippen molar-refractivity contribution in [2.24, 2.45) is 0 Å². The van der Waals surface area contributed by atoms with Gasteiger partial charge in [0.25, 0.3) is 0 Å². The van der Waals surface area contributed by atoms with E-state index in [2.05, 4.69) is 27.3 Å². The van der Waals surface area contributed by atoms with E-state index in [0.717, 1.165) is 43.7 Å². The molecule has 4 nitrogen and oxygen atoms in total. The van der Waals surface area contributed by atoms with Crippen molar-refractivity contribution < 1.29 is 4.79 Å². The number of fused-ring (bicyclic) bond motifs is 1. The second-order valence-electron chi connectivity index (χ2n) is 6.95. The maximum Gasteiger partial charge on any atom is 0.244 e. The van der Waals surface area contributed by atoms with E-state index in [4.69, 9.17) is 4.98 Å². The highest BCUT2D eigenvalue weighted by Crippen LogP contribution is 2.27. The summed E-state index contributed by atoms with van der Waals surface area (Å²) in [5, 5.41) is 3.02. The maximum atomic E-state index is 12.8. The number of halogens is 1. The monoisotopic (exact) mass is 433 g/mol. The van der Waals surface area contributed by atoms with E-state index in [1.807, 2.05) is 79.1 Å². The standard InChI is InChI=1S/C23H20BrN3O/c1-15-10-16(2)12-19(11-15)25-22(28)14-27-21-9-4-3-8-20(21)26-23(27)17-6-5-7-18(24)13-17/h3-13H,14H2,1-2H3,(H,25,28). The van der Waals surface area contributed by atoms with E-state index >= 15 is 0 Å². The Morgan fingerprint density at radius 2 is 1.75 bits per heavy atom. The zero-order chi connectivity index (χ0) is 19.7. The Morgan fingerprint density at radius 3 is 2.50 bits per heavy atom. The number of aryl methyl sites for hydroxylation is 2. The Kier molecular flexibility index (Phi) is 5.01. The van der Waals surface area contributed by atoms with Crippen LogP contribution in [0.25, 0.3) is 22.4 Å². The van der Waals surface area contributed by atoms with Crippen LogP contribution in [-0.2, 0) is 11.3 Å². The Morgan fingerprint density at radius 1 is 1.00 bits per heavy atom. The van der Waals surface area contributed by atoms with Crippen LogP contribution >= 0.6 is 15.9 Å². The number of amides is 1. The lowest BCUT2D eigenvalue weighted by atomic mass is 10.1. The molecule has 4 aromatic rings. The number of hydrogen-bond acceptors (Lipinski definition) is 2. The topological polar surface area (TPSA) is 46.9 Å². The minimum Gasteiger partial charge on any atom is -0.325 e. The van der Waals surface area contributed by atoms with Gasteiger partial charge in [-0.25, -0.2) is 4.98 Å². The Balaban J connectivity index is 1.71. The van der Waals surface area contributed by atoms with Crippen LogP contribution in [0.2, 0.25) is 0 Å². The second kappa shape index (κ2) is 7.60. The minimum absolute atomic E-state index is 0.0793. The van der Waals surface area contributed by atoms with Gasteiger partial charge < -0.3 is 9.88 Å². The quantitative estimate of drug-likeness (QED) is 0.447. The number of aromatic nitrogens is 2. The van der Waals surface area contributed by atoms with Crippen LogP contribution in [0.5, 0.6) is 0 Å². The summed E-state index contributed by atoms with van der Waals surface area (Å²) >= 11 is 3.52. The summed E-state index contributed by atoms with van der Waals surface area (Å²) < 4.78 is 2.94. The molecule has 1 N–H and O–H groups in total. The van der Waals surface area contributed by atoms with Gasteiger partial charge in [-0.2, -0.15) is 0 Å². The third kappa shape index (κ3) is 3.85. The first kappa shape index (κ1) is 18.4. The van der Waals surface area contributed by atoms with Crippen LogP contribution in [0.15, 0.2) is 71.2 Å². The van der Waals surface area contributed by atoms with E-state index < -0.39 is 0 Å². The lowest BCUT2D eigenvalue weighted by Crippen LogP contribution is -2.19. The van der Waals surface area contributed by atoms with Crippen molar-refractivity contribution >= 4 is 38.6 Å². The van der Waals surface area contributed by atoms with Crippen molar-refractivity contribution in [3.63, 3.8) is 0 Å². The second-order valence-corrected chi connectivity index (χ2v) is 7.86. The van der Waals surface area contributed by atoms with Crippen LogP contribution in [0.1, 0.15) is 11.1 Å². The number of nitrogens with one attached hydrogen (secondary N) is 1. The van der Waals surface area contributed by atoms with Gasteiger partial charge in [0.05, 0.1) is 11.0 Å². The third-order valence-corrected chi connectivity index (χ3v) is 5.04. The highest BCUT2D eigenvalue weighted by Gasteiger charge is 2.15. The molecule has 0 aliphatic heterocycles. The summed E-state index contributed by atoms with van der Waals surface area (Å²) in [5.74, 6) is 0.697. The first-order valence-corrected chi connectivity index (χ1v) is 9.88. The number of carbonyl (C=O) groups is 1. The predicted octanol–water partition coefficient (Wildman–Crippen LogP) is 5.72. The molecule has 0 atom stereocenters. The number of nitrogens with zero attached hydrogens (tertiary/aromatic N) is 2. The molecule has 0 unspecified atom stereocenters. The maximum absolute atomic E-state index is 12.8. The number of anilines is 1. The van der Waals surface area contributed by atoms with Gasteiger partial charge >= 0.3 is 0 Å². The fourth-order valence-electron chi connectivity index (χ4n) is 3.47. The summed E-state index contributed by atoms with van der Waals surface area (Å²) in [7, 11) is 0. The van der Waals surface area contributed by atoms with Gasteiger partial charge in [0, 0.05) is 15.7 Å². The molecule has 0 bridgehead atoms. The first-order valence-electron chi connectivity index (χ1n) is 9.09. The Hall–Kier alpha value is -2.92. The van der Waals surface area contributed by atoms with Crippen LogP contribution in [0.4, 0.5) is 5.69 Å². The highest BCUT2D eigenvalue weighted by atomic mass is 79.9. The van der Waals surface area contributed by atoms with Crippen LogP contribution in [0.3, 0.4) is 0 Å². The number of hydrogen-bond donors (Lipinski definition) is 1. The Labute approximate surface area is 172 Å². The van der Waals surface area contributed by atoms with Gasteiger partial charge in [-0.3, -0.25) is 4.79 Å². The highest BCUT2D eigenvalue weighted by molar-refractivity contribution is 9.10. The van der Waals surface area contributed by atoms with Gasteiger partial charge in [-0.15, -0.1) is 0 Å². The number of benzene rings is 3. The molecule has 0 fully saturated rings. The number of carbonyl (C=O) groups excluding carboxylic acids is 1. The van der Waals surface area contributed by atoms with Crippen LogP contribution < -0.4 is 5.32 Å². The fourth-order valence-corrected chi connectivity index (χ4v) is 3.87. The lowest BCUT2D eigenvalue weighted by molar-refractivity contribution is -0.116. The zero-order valence-corrected chi connectivity index (χ0v) is 17.3. The number of rotatable bonds is 4. The summed E-state index contributed by atoms with van der Waals surface area (Å²) in [6.07, 6.45) is 0. The summed E-state index contributed by atoms with van der Waals surface area (Å²) in [6, 6.07) is 21.9. The predicted molar refractivity (Wildman–Crippen MR) is 117 cm³/mol. The minimum atomic E-state index is -0.0793. The van der Waals surface area contributed by atoms with Crippen molar-refractivity contribution in [1.82, 2.24) is 9.55 Å². The van der Waals surface area contributed by atoms with Gasteiger partial charge in [-0.1, -0.05) is 46.3 Å². The molecule has 0 saturated carbocycles. The van der Waals surface area contributed by atoms with E-state index in [0.29, 0.717) is 0 Å². The van der Waals surface area contributed by atoms with E-state index in [-0.39, 0.29) is 12.5 Å². The molecule has 1 aromatic heterocycles. The molecular weight excluding hydrogens is 414 g/mol. The lowest BCUT2D eigenvalue weighted by Gasteiger charge is -2.11. The zero-order valence-electron chi connectivity index (χ0n) is 15.7. The number of para-hydroxylation sites is 2. The smallest absolute Gasteiger partial charge is 0.244 e. The van der Waals surface area contributed by atoms with Crippen molar-refractivity contribution in [3.8, 4) is 11.4 Å². The van der Waals surface area contributed by atoms with Crippen LogP contribution in [0, 0.1) is 13.8 Å². The normalized spacial score (nSPS) is 11.0. The molecule has 4 rings (SSSR count). The van der Waals surface area contributed by atoms with Gasteiger partial charge in [0.15, 0.2) is 0 Å². The first-order chi connectivity index (χ1) is 13.5. The van der Waals surface area contributed by atoms with Crippen molar-refractivity contribution in [2.45, 2.75) is 20.4 Å². The molecule has 0 saturated heterocycles. The fraction of sp³-hybridized carbons (Fsp3) is 0.130. The van der Waals surface area contributed by atoms with E-state index in [1.54, 1.807) is 0 Å².